The van der Waals surface area contributed by atoms with E-state index in [1.54, 1.807) is 0 Å². The number of nitrogens with zero attached hydrogens (tertiary/aromatic N) is 2. The van der Waals surface area contributed by atoms with Crippen LogP contribution in [-0.4, -0.2) is 37.2 Å². The summed E-state index contributed by atoms with van der Waals surface area (Å²) in [6.07, 6.45) is 7.80. The highest BCUT2D eigenvalue weighted by molar-refractivity contribution is 5.71. The van der Waals surface area contributed by atoms with Gasteiger partial charge in [-0.25, -0.2) is 0 Å². The highest BCUT2D eigenvalue weighted by Crippen LogP contribution is 2.47. The van der Waals surface area contributed by atoms with Crippen LogP contribution in [0.3, 0.4) is 0 Å². The largest absolute Gasteiger partial charge is 0.494 e. The third kappa shape index (κ3) is 3.70. The van der Waals surface area contributed by atoms with Gasteiger partial charge in [0, 0.05) is 24.0 Å². The van der Waals surface area contributed by atoms with Crippen LogP contribution >= 0.6 is 0 Å². The van der Waals surface area contributed by atoms with Crippen molar-refractivity contribution in [1.82, 2.24) is 4.90 Å². The predicted molar refractivity (Wildman–Crippen MR) is 111 cm³/mol. The third-order valence-electron chi connectivity index (χ3n) is 6.38. The van der Waals surface area contributed by atoms with Crippen LogP contribution < -0.4 is 9.64 Å². The van der Waals surface area contributed by atoms with E-state index >= 15 is 0 Å². The van der Waals surface area contributed by atoms with Gasteiger partial charge in [-0.15, -0.1) is 0 Å². The van der Waals surface area contributed by atoms with E-state index in [9.17, 15) is 0 Å². The first-order valence-corrected chi connectivity index (χ1v) is 10.7. The molecule has 0 radical (unpaired) electrons. The molecule has 1 atom stereocenters. The van der Waals surface area contributed by atoms with Crippen molar-refractivity contribution >= 4 is 11.4 Å². The first-order chi connectivity index (χ1) is 13.4. The summed E-state index contributed by atoms with van der Waals surface area (Å²) in [6.45, 7) is 4.53. The quantitative estimate of drug-likeness (QED) is 0.643. The van der Waals surface area contributed by atoms with Crippen LogP contribution in [0.5, 0.6) is 5.75 Å². The summed E-state index contributed by atoms with van der Waals surface area (Å²) in [5.74, 6) is 1.86. The van der Waals surface area contributed by atoms with Crippen molar-refractivity contribution in [1.29, 1.82) is 0 Å². The minimum absolute atomic E-state index is 0.634. The lowest BCUT2D eigenvalue weighted by Gasteiger charge is -2.28. The Morgan fingerprint density at radius 2 is 1.70 bits per heavy atom. The topological polar surface area (TPSA) is 15.7 Å². The molecular formula is C24H30N2O. The normalized spacial score (nSPS) is 22.2. The lowest BCUT2D eigenvalue weighted by Crippen LogP contribution is -2.29. The molecule has 2 heterocycles. The molecule has 1 saturated carbocycles. The molecule has 2 aliphatic heterocycles. The summed E-state index contributed by atoms with van der Waals surface area (Å²) >= 11 is 0. The molecule has 2 aromatic rings. The summed E-state index contributed by atoms with van der Waals surface area (Å²) in [4.78, 5) is 5.12. The van der Waals surface area contributed by atoms with Crippen LogP contribution in [0, 0.1) is 5.92 Å². The molecule has 3 heteroatoms. The molecule has 1 saturated heterocycles. The first kappa shape index (κ1) is 17.1. The van der Waals surface area contributed by atoms with Gasteiger partial charge in [-0.1, -0.05) is 18.2 Å². The van der Waals surface area contributed by atoms with Crippen LogP contribution in [0.2, 0.25) is 0 Å². The number of ether oxygens (including phenoxy) is 1. The number of rotatable bonds is 7. The van der Waals surface area contributed by atoms with Gasteiger partial charge < -0.3 is 14.5 Å². The Kier molecular flexibility index (Phi) is 4.79. The second-order valence-electron chi connectivity index (χ2n) is 8.35. The summed E-state index contributed by atoms with van der Waals surface area (Å²) in [5.41, 5.74) is 4.20. The van der Waals surface area contributed by atoms with Crippen molar-refractivity contribution in [3.8, 4) is 5.75 Å². The van der Waals surface area contributed by atoms with Crippen LogP contribution in [0.25, 0.3) is 0 Å². The zero-order valence-electron chi connectivity index (χ0n) is 16.1. The summed E-state index contributed by atoms with van der Waals surface area (Å²) in [5, 5.41) is 0. The van der Waals surface area contributed by atoms with E-state index in [0.717, 1.165) is 24.7 Å². The maximum atomic E-state index is 5.99. The van der Waals surface area contributed by atoms with E-state index in [1.165, 1.54) is 68.7 Å². The molecular weight excluding hydrogens is 332 g/mol. The Morgan fingerprint density at radius 3 is 2.48 bits per heavy atom. The number of likely N-dealkylation sites (tertiary alicyclic amines) is 1. The number of anilines is 2. The fraction of sp³-hybridized carbons (Fsp3) is 0.500. The van der Waals surface area contributed by atoms with Crippen LogP contribution in [0.4, 0.5) is 11.4 Å². The number of hydrogen-bond donors (Lipinski definition) is 0. The summed E-state index contributed by atoms with van der Waals surface area (Å²) in [6, 6.07) is 18.3. The SMILES string of the molecule is c1ccc2c(c1)CC(C1CC1)N2c1ccc(OCCCN2CCCC2)cc1. The lowest BCUT2D eigenvalue weighted by atomic mass is 10.1. The van der Waals surface area contributed by atoms with Crippen molar-refractivity contribution in [3.05, 3.63) is 54.1 Å². The zero-order chi connectivity index (χ0) is 18.1. The molecule has 0 amide bonds. The Bertz CT molecular complexity index is 762. The van der Waals surface area contributed by atoms with E-state index in [-0.39, 0.29) is 0 Å². The van der Waals surface area contributed by atoms with Crippen LogP contribution in [-0.2, 0) is 6.42 Å². The van der Waals surface area contributed by atoms with Crippen molar-refractivity contribution in [2.24, 2.45) is 5.92 Å². The standard InChI is InChI=1S/C24H30N2O/c1-2-7-23-20(6-1)18-24(19-8-9-19)26(23)21-10-12-22(13-11-21)27-17-5-16-25-14-3-4-15-25/h1-2,6-7,10-13,19,24H,3-5,8-9,14-18H2. The molecule has 3 aliphatic rings. The second kappa shape index (κ2) is 7.55. The fourth-order valence-corrected chi connectivity index (χ4v) is 4.79. The van der Waals surface area contributed by atoms with Crippen molar-refractivity contribution in [2.75, 3.05) is 31.1 Å². The third-order valence-corrected chi connectivity index (χ3v) is 6.38. The van der Waals surface area contributed by atoms with Crippen molar-refractivity contribution in [3.63, 3.8) is 0 Å². The number of benzene rings is 2. The highest BCUT2D eigenvalue weighted by atomic mass is 16.5. The fourth-order valence-electron chi connectivity index (χ4n) is 4.79. The van der Waals surface area contributed by atoms with Gasteiger partial charge in [0.05, 0.1) is 6.61 Å². The monoisotopic (exact) mass is 362 g/mol. The van der Waals surface area contributed by atoms with Gasteiger partial charge in [0.1, 0.15) is 5.75 Å². The van der Waals surface area contributed by atoms with Gasteiger partial charge in [0.25, 0.3) is 0 Å². The molecule has 0 N–H and O–H groups in total. The molecule has 3 nitrogen and oxygen atoms in total. The van der Waals surface area contributed by atoms with E-state index < -0.39 is 0 Å². The van der Waals surface area contributed by atoms with E-state index in [2.05, 4.69) is 58.3 Å². The summed E-state index contributed by atoms with van der Waals surface area (Å²) < 4.78 is 5.99. The average Bonchev–Trinajstić information content (AvgIpc) is 3.28. The first-order valence-electron chi connectivity index (χ1n) is 10.7. The molecule has 27 heavy (non-hydrogen) atoms. The van der Waals surface area contributed by atoms with Crippen molar-refractivity contribution in [2.45, 2.75) is 44.6 Å². The highest BCUT2D eigenvalue weighted by Gasteiger charge is 2.40. The van der Waals surface area contributed by atoms with E-state index in [1.807, 2.05) is 0 Å². The van der Waals surface area contributed by atoms with Crippen molar-refractivity contribution < 1.29 is 4.74 Å². The molecule has 142 valence electrons. The molecule has 5 rings (SSSR count). The maximum absolute atomic E-state index is 5.99. The minimum Gasteiger partial charge on any atom is -0.494 e. The Hall–Kier alpha value is -2.00. The van der Waals surface area contributed by atoms with Crippen LogP contribution in [0.15, 0.2) is 48.5 Å². The number of hydrogen-bond acceptors (Lipinski definition) is 3. The van der Waals surface area contributed by atoms with E-state index in [4.69, 9.17) is 4.74 Å². The Labute approximate surface area is 162 Å². The summed E-state index contributed by atoms with van der Waals surface area (Å²) in [7, 11) is 0. The second-order valence-corrected chi connectivity index (χ2v) is 8.35. The van der Waals surface area contributed by atoms with Gasteiger partial charge in [0.15, 0.2) is 0 Å². The molecule has 2 aromatic carbocycles. The van der Waals surface area contributed by atoms with Gasteiger partial charge in [-0.05, 0) is 93.4 Å². The van der Waals surface area contributed by atoms with Gasteiger partial charge in [-0.3, -0.25) is 0 Å². The maximum Gasteiger partial charge on any atom is 0.119 e. The predicted octanol–water partition coefficient (Wildman–Crippen LogP) is 5.02. The molecule has 0 spiro atoms. The van der Waals surface area contributed by atoms with Gasteiger partial charge in [-0.2, -0.15) is 0 Å². The van der Waals surface area contributed by atoms with Gasteiger partial charge in [0.2, 0.25) is 0 Å². The zero-order valence-corrected chi connectivity index (χ0v) is 16.1. The van der Waals surface area contributed by atoms with Gasteiger partial charge >= 0.3 is 0 Å². The smallest absolute Gasteiger partial charge is 0.119 e. The lowest BCUT2D eigenvalue weighted by molar-refractivity contribution is 0.263. The number of para-hydroxylation sites is 1. The molecule has 0 aromatic heterocycles. The molecule has 0 bridgehead atoms. The Balaban J connectivity index is 1.23. The van der Waals surface area contributed by atoms with Crippen LogP contribution in [0.1, 0.15) is 37.7 Å². The minimum atomic E-state index is 0.634. The average molecular weight is 363 g/mol. The molecule has 1 aliphatic carbocycles. The molecule has 1 unspecified atom stereocenters. The Morgan fingerprint density at radius 1 is 0.926 bits per heavy atom. The van der Waals surface area contributed by atoms with E-state index in [0.29, 0.717) is 6.04 Å². The molecule has 2 fully saturated rings. The number of fused-ring (bicyclic) bond motifs is 1.